The van der Waals surface area contributed by atoms with Crippen LogP contribution in [-0.2, 0) is 6.54 Å². The number of halogens is 1. The molecule has 0 spiro atoms. The Hall–Kier alpha value is -1.72. The van der Waals surface area contributed by atoms with E-state index in [9.17, 15) is 4.39 Å². The Labute approximate surface area is 148 Å². The summed E-state index contributed by atoms with van der Waals surface area (Å²) in [5.41, 5.74) is 0.477. The van der Waals surface area contributed by atoms with Crippen LogP contribution in [0.1, 0.15) is 25.2 Å². The zero-order chi connectivity index (χ0) is 17.4. The van der Waals surface area contributed by atoms with E-state index in [-0.39, 0.29) is 5.82 Å². The fourth-order valence-corrected chi connectivity index (χ4v) is 4.46. The second-order valence-corrected chi connectivity index (χ2v) is 7.74. The first-order valence-corrected chi connectivity index (χ1v) is 9.18. The number of fused-ring (bicyclic) bond motifs is 1. The summed E-state index contributed by atoms with van der Waals surface area (Å²) in [6.07, 6.45) is 5.55. The molecule has 2 aromatic rings. The maximum atomic E-state index is 13.9. The van der Waals surface area contributed by atoms with E-state index in [1.807, 2.05) is 6.07 Å². The second kappa shape index (κ2) is 6.89. The first-order chi connectivity index (χ1) is 12.1. The van der Waals surface area contributed by atoms with Gasteiger partial charge in [0.1, 0.15) is 5.82 Å². The predicted octanol–water partition coefficient (Wildman–Crippen LogP) is 3.64. The van der Waals surface area contributed by atoms with Gasteiger partial charge in [0, 0.05) is 19.1 Å². The lowest BCUT2D eigenvalue weighted by molar-refractivity contribution is 0.162. The van der Waals surface area contributed by atoms with Gasteiger partial charge < -0.3 is 9.32 Å². The van der Waals surface area contributed by atoms with Crippen LogP contribution >= 0.6 is 0 Å². The summed E-state index contributed by atoms with van der Waals surface area (Å²) < 4.78 is 19.7. The highest BCUT2D eigenvalue weighted by Crippen LogP contribution is 2.38. The van der Waals surface area contributed by atoms with Gasteiger partial charge in [0.25, 0.3) is 0 Å². The molecule has 5 heteroatoms. The molecule has 1 saturated heterocycles. The van der Waals surface area contributed by atoms with Crippen molar-refractivity contribution < 1.29 is 8.81 Å². The number of nitrogens with zero attached hydrogens (tertiary/aromatic N) is 3. The number of benzene rings is 1. The molecule has 0 radical (unpaired) electrons. The second-order valence-electron chi connectivity index (χ2n) is 7.74. The topological polar surface area (TPSA) is 32.5 Å². The monoisotopic (exact) mass is 343 g/mol. The van der Waals surface area contributed by atoms with Gasteiger partial charge in [0.2, 0.25) is 5.89 Å². The Morgan fingerprint density at radius 3 is 2.80 bits per heavy atom. The Bertz CT molecular complexity index is 729. The average Bonchev–Trinajstić information content (AvgIpc) is 3.21. The number of likely N-dealkylation sites (tertiary alicyclic amines) is 1. The lowest BCUT2D eigenvalue weighted by Crippen LogP contribution is -2.36. The maximum absolute atomic E-state index is 13.9. The Balaban J connectivity index is 1.40. The Morgan fingerprint density at radius 2 is 2.00 bits per heavy atom. The number of rotatable bonds is 4. The predicted molar refractivity (Wildman–Crippen MR) is 95.5 cm³/mol. The van der Waals surface area contributed by atoms with Crippen LogP contribution in [0, 0.1) is 17.7 Å². The van der Waals surface area contributed by atoms with Gasteiger partial charge in [-0.2, -0.15) is 0 Å². The minimum absolute atomic E-state index is 0.271. The normalized spacial score (nSPS) is 27.0. The molecule has 1 aliphatic carbocycles. The first-order valence-electron chi connectivity index (χ1n) is 9.18. The van der Waals surface area contributed by atoms with E-state index in [0.29, 0.717) is 23.8 Å². The Kier molecular flexibility index (Phi) is 4.61. The van der Waals surface area contributed by atoms with E-state index in [2.05, 4.69) is 28.9 Å². The fourth-order valence-electron chi connectivity index (χ4n) is 4.46. The van der Waals surface area contributed by atoms with Crippen molar-refractivity contribution >= 4 is 0 Å². The van der Waals surface area contributed by atoms with Crippen LogP contribution in [0.2, 0.25) is 0 Å². The van der Waals surface area contributed by atoms with Gasteiger partial charge in [-0.05, 0) is 57.3 Å². The zero-order valence-electron chi connectivity index (χ0n) is 15.0. The quantitative estimate of drug-likeness (QED) is 0.848. The molecule has 1 saturated carbocycles. The van der Waals surface area contributed by atoms with Crippen molar-refractivity contribution in [1.82, 2.24) is 14.8 Å². The summed E-state index contributed by atoms with van der Waals surface area (Å²) >= 11 is 0. The van der Waals surface area contributed by atoms with E-state index >= 15 is 0 Å². The minimum atomic E-state index is -0.271. The number of aromatic nitrogens is 1. The van der Waals surface area contributed by atoms with Crippen molar-refractivity contribution in [3.63, 3.8) is 0 Å². The average molecular weight is 343 g/mol. The van der Waals surface area contributed by atoms with Crippen molar-refractivity contribution in [2.45, 2.75) is 31.8 Å². The lowest BCUT2D eigenvalue weighted by Gasteiger charge is -2.34. The molecule has 4 nitrogen and oxygen atoms in total. The van der Waals surface area contributed by atoms with Crippen LogP contribution in [-0.4, -0.2) is 48.0 Å². The van der Waals surface area contributed by atoms with E-state index in [0.717, 1.165) is 31.0 Å². The van der Waals surface area contributed by atoms with Crippen molar-refractivity contribution in [2.24, 2.45) is 11.8 Å². The van der Waals surface area contributed by atoms with Crippen molar-refractivity contribution in [1.29, 1.82) is 0 Å². The zero-order valence-corrected chi connectivity index (χ0v) is 15.0. The summed E-state index contributed by atoms with van der Waals surface area (Å²) in [6.45, 7) is 2.96. The third-order valence-electron chi connectivity index (χ3n) is 5.88. The largest absolute Gasteiger partial charge is 0.439 e. The molecular formula is C20H26FN3O. The molecule has 0 N–H and O–H groups in total. The number of oxazole rings is 1. The van der Waals surface area contributed by atoms with Crippen LogP contribution < -0.4 is 0 Å². The van der Waals surface area contributed by atoms with Crippen LogP contribution in [0.3, 0.4) is 0 Å². The summed E-state index contributed by atoms with van der Waals surface area (Å²) in [4.78, 5) is 9.19. The molecule has 25 heavy (non-hydrogen) atoms. The van der Waals surface area contributed by atoms with Gasteiger partial charge in [-0.15, -0.1) is 0 Å². The number of hydrogen-bond donors (Lipinski definition) is 0. The molecular weight excluding hydrogens is 317 g/mol. The highest BCUT2D eigenvalue weighted by molar-refractivity contribution is 5.56. The lowest BCUT2D eigenvalue weighted by atomic mass is 9.79. The Morgan fingerprint density at radius 1 is 1.20 bits per heavy atom. The van der Waals surface area contributed by atoms with Crippen LogP contribution in [0.5, 0.6) is 0 Å². The van der Waals surface area contributed by atoms with Crippen molar-refractivity contribution in [3.8, 4) is 11.3 Å². The SMILES string of the molecule is CN(C)C1CCC2CN(Cc3ncc(-c4ccccc4F)o3)CC2C1. The molecule has 0 bridgehead atoms. The molecule has 2 heterocycles. The molecule has 3 unspecified atom stereocenters. The molecule has 1 aromatic heterocycles. The molecule has 2 aliphatic rings. The number of hydrogen-bond acceptors (Lipinski definition) is 4. The summed E-state index contributed by atoms with van der Waals surface area (Å²) in [5.74, 6) is 2.50. The molecule has 3 atom stereocenters. The summed E-state index contributed by atoms with van der Waals surface area (Å²) in [5, 5.41) is 0. The smallest absolute Gasteiger partial charge is 0.209 e. The molecule has 2 fully saturated rings. The highest BCUT2D eigenvalue weighted by atomic mass is 19.1. The van der Waals surface area contributed by atoms with Crippen LogP contribution in [0.25, 0.3) is 11.3 Å². The van der Waals surface area contributed by atoms with Gasteiger partial charge in [-0.3, -0.25) is 4.90 Å². The molecule has 134 valence electrons. The maximum Gasteiger partial charge on any atom is 0.209 e. The fraction of sp³-hybridized carbons (Fsp3) is 0.550. The standard InChI is InChI=1S/C20H26FN3O/c1-23(2)16-8-7-14-11-24(12-15(14)9-16)13-20-22-10-19(25-20)17-5-3-4-6-18(17)21/h3-6,10,14-16H,7-9,11-13H2,1-2H3. The van der Waals surface area contributed by atoms with Crippen LogP contribution in [0.15, 0.2) is 34.9 Å². The van der Waals surface area contributed by atoms with Gasteiger partial charge in [0.15, 0.2) is 5.76 Å². The molecule has 4 rings (SSSR count). The van der Waals surface area contributed by atoms with Gasteiger partial charge in [0.05, 0.1) is 18.3 Å². The van der Waals surface area contributed by atoms with E-state index in [1.54, 1.807) is 18.3 Å². The van der Waals surface area contributed by atoms with Gasteiger partial charge in [-0.1, -0.05) is 12.1 Å². The van der Waals surface area contributed by atoms with Crippen molar-refractivity contribution in [3.05, 3.63) is 42.2 Å². The first kappa shape index (κ1) is 16.7. The highest BCUT2D eigenvalue weighted by Gasteiger charge is 2.38. The summed E-state index contributed by atoms with van der Waals surface area (Å²) in [7, 11) is 4.38. The summed E-state index contributed by atoms with van der Waals surface area (Å²) in [6, 6.07) is 7.39. The van der Waals surface area contributed by atoms with Gasteiger partial charge in [-0.25, -0.2) is 9.37 Å². The molecule has 1 aromatic carbocycles. The van der Waals surface area contributed by atoms with E-state index in [4.69, 9.17) is 4.42 Å². The van der Waals surface area contributed by atoms with E-state index in [1.165, 1.54) is 25.3 Å². The van der Waals surface area contributed by atoms with Crippen molar-refractivity contribution in [2.75, 3.05) is 27.2 Å². The third-order valence-corrected chi connectivity index (χ3v) is 5.88. The minimum Gasteiger partial charge on any atom is -0.439 e. The third kappa shape index (κ3) is 3.48. The molecule has 0 amide bonds. The van der Waals surface area contributed by atoms with Crippen LogP contribution in [0.4, 0.5) is 4.39 Å². The van der Waals surface area contributed by atoms with Gasteiger partial charge >= 0.3 is 0 Å². The van der Waals surface area contributed by atoms with E-state index < -0.39 is 0 Å². The molecule has 1 aliphatic heterocycles.